The van der Waals surface area contributed by atoms with Crippen LogP contribution < -0.4 is 0 Å². The average molecular weight is 176 g/mol. The Morgan fingerprint density at radius 2 is 1.92 bits per heavy atom. The van der Waals surface area contributed by atoms with E-state index in [-0.39, 0.29) is 25.7 Å². The highest BCUT2D eigenvalue weighted by atomic mass is 16.7. The van der Waals surface area contributed by atoms with Crippen molar-refractivity contribution in [1.29, 1.82) is 0 Å². The molecule has 2 saturated heterocycles. The summed E-state index contributed by atoms with van der Waals surface area (Å²) in [6.45, 7) is 5.20. The number of rotatable bonds is 0. The summed E-state index contributed by atoms with van der Waals surface area (Å²) in [7, 11) is 0. The third-order valence-electron chi connectivity index (χ3n) is 2.01. The fraction of sp³-hybridized carbons (Fsp3) is 1.00. The molecular formula is C9H20O3. The number of hydrogen-bond donors (Lipinski definition) is 1. The van der Waals surface area contributed by atoms with Crippen LogP contribution in [0.1, 0.15) is 27.7 Å². The first kappa shape index (κ1) is 11.9. The Morgan fingerprint density at radius 3 is 2.50 bits per heavy atom. The molecule has 12 heavy (non-hydrogen) atoms. The van der Waals surface area contributed by atoms with Gasteiger partial charge in [-0.15, -0.1) is 0 Å². The van der Waals surface area contributed by atoms with E-state index in [1.54, 1.807) is 0 Å². The zero-order valence-electron chi connectivity index (χ0n) is 7.12. The van der Waals surface area contributed by atoms with Crippen LogP contribution in [0.15, 0.2) is 0 Å². The van der Waals surface area contributed by atoms with E-state index in [2.05, 4.69) is 0 Å². The lowest BCUT2D eigenvalue weighted by atomic mass is 10.0. The Morgan fingerprint density at radius 1 is 1.25 bits per heavy atom. The number of aliphatic hydroxyl groups excluding tert-OH is 1. The lowest BCUT2D eigenvalue weighted by Gasteiger charge is -2.06. The van der Waals surface area contributed by atoms with Gasteiger partial charge in [-0.05, 0) is 6.42 Å². The minimum atomic E-state index is -0.280. The summed E-state index contributed by atoms with van der Waals surface area (Å²) >= 11 is 0. The summed E-state index contributed by atoms with van der Waals surface area (Å²) < 4.78 is 10.3. The van der Waals surface area contributed by atoms with E-state index >= 15 is 0 Å². The van der Waals surface area contributed by atoms with E-state index in [4.69, 9.17) is 9.47 Å². The summed E-state index contributed by atoms with van der Waals surface area (Å²) in [5, 5.41) is 9.19. The fourth-order valence-corrected chi connectivity index (χ4v) is 1.44. The van der Waals surface area contributed by atoms with Crippen molar-refractivity contribution in [2.75, 3.05) is 13.2 Å². The van der Waals surface area contributed by atoms with Gasteiger partial charge in [0.2, 0.25) is 0 Å². The Labute approximate surface area is 74.7 Å². The summed E-state index contributed by atoms with van der Waals surface area (Å²) in [6, 6.07) is 0. The van der Waals surface area contributed by atoms with Gasteiger partial charge in [0.15, 0.2) is 6.29 Å². The summed E-state index contributed by atoms with van der Waals surface area (Å²) in [5.41, 5.74) is 0. The fourth-order valence-electron chi connectivity index (χ4n) is 1.44. The smallest absolute Gasteiger partial charge is 0.163 e. The molecule has 2 rings (SSSR count). The second-order valence-electron chi connectivity index (χ2n) is 2.59. The average Bonchev–Trinajstić information content (AvgIpc) is 2.60. The molecule has 0 radical (unpaired) electrons. The normalized spacial score (nSPS) is 37.8. The van der Waals surface area contributed by atoms with Gasteiger partial charge in [0.25, 0.3) is 0 Å². The molecule has 0 aromatic rings. The molecule has 3 nitrogen and oxygen atoms in total. The van der Waals surface area contributed by atoms with E-state index in [0.29, 0.717) is 6.61 Å². The van der Waals surface area contributed by atoms with Gasteiger partial charge in [-0.25, -0.2) is 0 Å². The van der Waals surface area contributed by atoms with E-state index in [0.717, 1.165) is 13.0 Å². The van der Waals surface area contributed by atoms with Gasteiger partial charge in [0.05, 0.1) is 19.3 Å². The maximum absolute atomic E-state index is 9.19. The largest absolute Gasteiger partial charge is 0.390 e. The van der Waals surface area contributed by atoms with Crippen molar-refractivity contribution in [3.63, 3.8) is 0 Å². The minimum absolute atomic E-state index is 0. The van der Waals surface area contributed by atoms with Crippen LogP contribution in [0.3, 0.4) is 0 Å². The van der Waals surface area contributed by atoms with Crippen LogP contribution in [0.4, 0.5) is 0 Å². The van der Waals surface area contributed by atoms with Crippen LogP contribution in [-0.4, -0.2) is 30.7 Å². The van der Waals surface area contributed by atoms with Crippen molar-refractivity contribution in [3.05, 3.63) is 0 Å². The topological polar surface area (TPSA) is 38.7 Å². The van der Waals surface area contributed by atoms with E-state index in [1.807, 2.05) is 13.8 Å². The van der Waals surface area contributed by atoms with Gasteiger partial charge >= 0.3 is 0 Å². The summed E-state index contributed by atoms with van der Waals surface area (Å²) in [5.74, 6) is 0.255. The summed E-state index contributed by atoms with van der Waals surface area (Å²) in [4.78, 5) is 0. The SMILES string of the molecule is C.CC.OC1COC2OCC[C@@H]12. The highest BCUT2D eigenvalue weighted by Gasteiger charge is 2.40. The molecule has 0 spiro atoms. The molecule has 0 bridgehead atoms. The lowest BCUT2D eigenvalue weighted by Crippen LogP contribution is -2.18. The molecule has 0 aromatic heterocycles. The van der Waals surface area contributed by atoms with Crippen molar-refractivity contribution >= 4 is 0 Å². The molecule has 2 aliphatic rings. The number of hydrogen-bond acceptors (Lipinski definition) is 3. The molecule has 2 unspecified atom stereocenters. The van der Waals surface area contributed by atoms with Crippen LogP contribution in [0.5, 0.6) is 0 Å². The van der Waals surface area contributed by atoms with Crippen molar-refractivity contribution in [3.8, 4) is 0 Å². The first-order valence-electron chi connectivity index (χ1n) is 4.29. The number of ether oxygens (including phenoxy) is 2. The predicted octanol–water partition coefficient (Wildman–Crippen LogP) is 1.40. The number of fused-ring (bicyclic) bond motifs is 1. The lowest BCUT2D eigenvalue weighted by molar-refractivity contribution is -0.0907. The molecule has 0 aliphatic carbocycles. The molecule has 74 valence electrons. The van der Waals surface area contributed by atoms with E-state index < -0.39 is 0 Å². The molecule has 0 saturated carbocycles. The molecule has 1 N–H and O–H groups in total. The van der Waals surface area contributed by atoms with Gasteiger partial charge in [-0.2, -0.15) is 0 Å². The molecule has 0 aromatic carbocycles. The van der Waals surface area contributed by atoms with Crippen LogP contribution in [0.25, 0.3) is 0 Å². The highest BCUT2D eigenvalue weighted by molar-refractivity contribution is 4.81. The standard InChI is InChI=1S/C6H10O3.C2H6.CH4/c7-5-3-9-6-4(5)1-2-8-6;1-2;/h4-7H,1-3H2;1-2H3;1H4/t4-,5?,6?;;/m0../s1. The van der Waals surface area contributed by atoms with Crippen LogP contribution >= 0.6 is 0 Å². The van der Waals surface area contributed by atoms with Gasteiger partial charge in [-0.1, -0.05) is 21.3 Å². The second-order valence-corrected chi connectivity index (χ2v) is 2.59. The van der Waals surface area contributed by atoms with Crippen LogP contribution in [0, 0.1) is 5.92 Å². The van der Waals surface area contributed by atoms with Gasteiger partial charge in [-0.3, -0.25) is 0 Å². The Balaban J connectivity index is 0.000000378. The Hall–Kier alpha value is -0.120. The van der Waals surface area contributed by atoms with Crippen molar-refractivity contribution in [1.82, 2.24) is 0 Å². The summed E-state index contributed by atoms with van der Waals surface area (Å²) in [6.07, 6.45) is 0.573. The number of aliphatic hydroxyl groups is 1. The highest BCUT2D eigenvalue weighted by Crippen LogP contribution is 2.30. The minimum Gasteiger partial charge on any atom is -0.390 e. The van der Waals surface area contributed by atoms with E-state index in [1.165, 1.54) is 0 Å². The van der Waals surface area contributed by atoms with Crippen molar-refractivity contribution < 1.29 is 14.6 Å². The Bertz CT molecular complexity index is 116. The molecular weight excluding hydrogens is 156 g/mol. The van der Waals surface area contributed by atoms with E-state index in [9.17, 15) is 5.11 Å². The first-order chi connectivity index (χ1) is 5.38. The molecule has 3 atom stereocenters. The van der Waals surface area contributed by atoms with Crippen LogP contribution in [-0.2, 0) is 9.47 Å². The Kier molecular flexibility index (Phi) is 5.46. The van der Waals surface area contributed by atoms with Crippen LogP contribution in [0.2, 0.25) is 0 Å². The quantitative estimate of drug-likeness (QED) is 0.606. The molecule has 2 fully saturated rings. The molecule has 3 heteroatoms. The maximum atomic E-state index is 9.19. The first-order valence-corrected chi connectivity index (χ1v) is 4.29. The van der Waals surface area contributed by atoms with Gasteiger partial charge in [0.1, 0.15) is 0 Å². The van der Waals surface area contributed by atoms with Gasteiger partial charge < -0.3 is 14.6 Å². The third kappa shape index (κ3) is 2.19. The molecule has 2 heterocycles. The molecule has 0 amide bonds. The predicted molar refractivity (Wildman–Crippen MR) is 47.9 cm³/mol. The third-order valence-corrected chi connectivity index (χ3v) is 2.01. The zero-order chi connectivity index (χ0) is 8.27. The maximum Gasteiger partial charge on any atom is 0.163 e. The van der Waals surface area contributed by atoms with Crippen molar-refractivity contribution in [2.24, 2.45) is 5.92 Å². The monoisotopic (exact) mass is 176 g/mol. The molecule has 2 aliphatic heterocycles. The van der Waals surface area contributed by atoms with Gasteiger partial charge in [0, 0.05) is 5.92 Å². The van der Waals surface area contributed by atoms with Crippen molar-refractivity contribution in [2.45, 2.75) is 40.1 Å². The second kappa shape index (κ2) is 5.51. The zero-order valence-corrected chi connectivity index (χ0v) is 7.12.